The lowest BCUT2D eigenvalue weighted by atomic mass is 10.1. The molecule has 0 radical (unpaired) electrons. The Morgan fingerprint density at radius 2 is 1.95 bits per heavy atom. The van der Waals surface area contributed by atoms with Crippen molar-refractivity contribution in [2.75, 3.05) is 11.5 Å². The third-order valence-corrected chi connectivity index (χ3v) is 2.88. The zero-order chi connectivity index (χ0) is 14.1. The van der Waals surface area contributed by atoms with Gasteiger partial charge in [-0.15, -0.1) is 0 Å². The van der Waals surface area contributed by atoms with Gasteiger partial charge in [-0.25, -0.2) is 9.67 Å². The first-order valence-corrected chi connectivity index (χ1v) is 6.14. The molecular formula is C14H14N6. The normalized spacial score (nSPS) is 10.7. The lowest BCUT2D eigenvalue weighted by Gasteiger charge is -2.06. The van der Waals surface area contributed by atoms with Crippen LogP contribution < -0.4 is 11.5 Å². The predicted octanol–water partition coefficient (Wildman–Crippen LogP) is 1.80. The van der Waals surface area contributed by atoms with Gasteiger partial charge in [0.05, 0.1) is 17.6 Å². The fourth-order valence-electron chi connectivity index (χ4n) is 1.99. The van der Waals surface area contributed by atoms with Gasteiger partial charge in [0.15, 0.2) is 0 Å². The molecule has 0 aliphatic heterocycles. The highest BCUT2D eigenvalue weighted by Crippen LogP contribution is 2.22. The van der Waals surface area contributed by atoms with E-state index in [1.807, 2.05) is 48.3 Å². The first kappa shape index (κ1) is 12.2. The molecule has 6 heteroatoms. The Labute approximate surface area is 116 Å². The average molecular weight is 266 g/mol. The van der Waals surface area contributed by atoms with Gasteiger partial charge in [-0.3, -0.25) is 0 Å². The molecule has 0 aliphatic carbocycles. The molecule has 100 valence electrons. The molecule has 0 saturated heterocycles. The van der Waals surface area contributed by atoms with E-state index in [0.29, 0.717) is 11.5 Å². The zero-order valence-corrected chi connectivity index (χ0v) is 11.0. The van der Waals surface area contributed by atoms with Crippen molar-refractivity contribution in [1.82, 2.24) is 19.7 Å². The second-order valence-electron chi connectivity index (χ2n) is 4.55. The van der Waals surface area contributed by atoms with Crippen LogP contribution in [0.25, 0.3) is 16.9 Å². The number of hydrogen-bond acceptors (Lipinski definition) is 5. The molecule has 4 N–H and O–H groups in total. The maximum Gasteiger partial charge on any atom is 0.222 e. The monoisotopic (exact) mass is 266 g/mol. The van der Waals surface area contributed by atoms with Crippen LogP contribution in [0.1, 0.15) is 5.56 Å². The maximum absolute atomic E-state index is 5.70. The number of nitrogens with two attached hydrogens (primary N) is 2. The quantitative estimate of drug-likeness (QED) is 0.737. The van der Waals surface area contributed by atoms with Crippen molar-refractivity contribution in [2.45, 2.75) is 6.92 Å². The van der Waals surface area contributed by atoms with Gasteiger partial charge in [0.1, 0.15) is 5.82 Å². The van der Waals surface area contributed by atoms with Crippen molar-refractivity contribution in [3.63, 3.8) is 0 Å². The minimum Gasteiger partial charge on any atom is -0.384 e. The predicted molar refractivity (Wildman–Crippen MR) is 78.2 cm³/mol. The molecule has 3 aromatic rings. The number of hydrogen-bond donors (Lipinski definition) is 2. The van der Waals surface area contributed by atoms with Crippen LogP contribution in [0.2, 0.25) is 0 Å². The highest BCUT2D eigenvalue weighted by atomic mass is 15.3. The number of aromatic nitrogens is 4. The average Bonchev–Trinajstić information content (AvgIpc) is 2.85. The molecule has 0 amide bonds. The number of aryl methyl sites for hydroxylation is 1. The number of nitrogen functional groups attached to an aromatic ring is 2. The molecule has 0 unspecified atom stereocenters. The van der Waals surface area contributed by atoms with E-state index in [9.17, 15) is 0 Å². The van der Waals surface area contributed by atoms with Crippen LogP contribution in [0.15, 0.2) is 42.7 Å². The molecule has 0 saturated carbocycles. The van der Waals surface area contributed by atoms with Crippen LogP contribution in [0.3, 0.4) is 0 Å². The van der Waals surface area contributed by atoms with E-state index in [1.54, 1.807) is 6.07 Å². The molecule has 1 aromatic carbocycles. The largest absolute Gasteiger partial charge is 0.384 e. The summed E-state index contributed by atoms with van der Waals surface area (Å²) >= 11 is 0. The molecule has 0 fully saturated rings. The van der Waals surface area contributed by atoms with E-state index in [1.165, 1.54) is 0 Å². The Kier molecular flexibility index (Phi) is 2.83. The molecular weight excluding hydrogens is 252 g/mol. The van der Waals surface area contributed by atoms with Crippen molar-refractivity contribution in [2.24, 2.45) is 0 Å². The summed E-state index contributed by atoms with van der Waals surface area (Å²) in [6.07, 6.45) is 3.77. The molecule has 0 bridgehead atoms. The van der Waals surface area contributed by atoms with Gasteiger partial charge in [-0.1, -0.05) is 12.1 Å². The van der Waals surface area contributed by atoms with Crippen LogP contribution in [-0.2, 0) is 0 Å². The molecule has 0 atom stereocenters. The Morgan fingerprint density at radius 3 is 2.65 bits per heavy atom. The van der Waals surface area contributed by atoms with Crippen LogP contribution in [0.4, 0.5) is 11.8 Å². The van der Waals surface area contributed by atoms with Crippen LogP contribution in [0, 0.1) is 6.92 Å². The highest BCUT2D eigenvalue weighted by molar-refractivity contribution is 5.65. The molecule has 20 heavy (non-hydrogen) atoms. The van der Waals surface area contributed by atoms with E-state index < -0.39 is 0 Å². The molecule has 6 nitrogen and oxygen atoms in total. The van der Waals surface area contributed by atoms with E-state index in [2.05, 4.69) is 15.1 Å². The van der Waals surface area contributed by atoms with Gasteiger partial charge in [-0.05, 0) is 24.6 Å². The van der Waals surface area contributed by atoms with Crippen molar-refractivity contribution in [3.05, 3.63) is 48.3 Å². The van der Waals surface area contributed by atoms with E-state index in [4.69, 9.17) is 11.5 Å². The molecule has 2 heterocycles. The number of nitrogens with zero attached hydrogens (tertiary/aromatic N) is 4. The van der Waals surface area contributed by atoms with Crippen LogP contribution in [-0.4, -0.2) is 19.7 Å². The van der Waals surface area contributed by atoms with Crippen molar-refractivity contribution < 1.29 is 0 Å². The van der Waals surface area contributed by atoms with Gasteiger partial charge in [-0.2, -0.15) is 10.1 Å². The maximum atomic E-state index is 5.70. The fourth-order valence-corrected chi connectivity index (χ4v) is 1.99. The van der Waals surface area contributed by atoms with Gasteiger partial charge < -0.3 is 11.5 Å². The second kappa shape index (κ2) is 4.65. The fraction of sp³-hybridized carbons (Fsp3) is 0.0714. The summed E-state index contributed by atoms with van der Waals surface area (Å²) in [4.78, 5) is 8.07. The Hall–Kier alpha value is -2.89. The summed E-state index contributed by atoms with van der Waals surface area (Å²) in [7, 11) is 0. The summed E-state index contributed by atoms with van der Waals surface area (Å²) in [5.74, 6) is 0.521. The van der Waals surface area contributed by atoms with E-state index in [-0.39, 0.29) is 5.95 Å². The van der Waals surface area contributed by atoms with Crippen LogP contribution >= 0.6 is 0 Å². The van der Waals surface area contributed by atoms with Crippen molar-refractivity contribution in [3.8, 4) is 16.9 Å². The summed E-state index contributed by atoms with van der Waals surface area (Å²) in [5, 5.41) is 4.29. The second-order valence-corrected chi connectivity index (χ2v) is 4.55. The lowest BCUT2D eigenvalue weighted by molar-refractivity contribution is 0.880. The standard InChI is InChI=1S/C14H14N6/c1-9-7-17-20(8-9)11-4-2-3-10(5-11)12-6-13(15)19-14(16)18-12/h2-8H,1H3,(H4,15,16,18,19). The first-order chi connectivity index (χ1) is 9.61. The summed E-state index contributed by atoms with van der Waals surface area (Å²) in [5.41, 5.74) is 15.0. The number of anilines is 2. The molecule has 2 aromatic heterocycles. The van der Waals surface area contributed by atoms with Crippen molar-refractivity contribution >= 4 is 11.8 Å². The first-order valence-electron chi connectivity index (χ1n) is 6.14. The van der Waals surface area contributed by atoms with E-state index in [0.717, 1.165) is 16.8 Å². The molecule has 0 aliphatic rings. The Balaban J connectivity index is 2.07. The number of benzene rings is 1. The highest BCUT2D eigenvalue weighted by Gasteiger charge is 2.05. The minimum atomic E-state index is 0.167. The summed E-state index contributed by atoms with van der Waals surface area (Å²) in [6, 6.07) is 9.54. The summed E-state index contributed by atoms with van der Waals surface area (Å²) < 4.78 is 1.81. The molecule has 0 spiro atoms. The number of rotatable bonds is 2. The van der Waals surface area contributed by atoms with E-state index >= 15 is 0 Å². The van der Waals surface area contributed by atoms with Crippen LogP contribution in [0.5, 0.6) is 0 Å². The topological polar surface area (TPSA) is 95.6 Å². The Morgan fingerprint density at radius 1 is 1.10 bits per heavy atom. The third kappa shape index (κ3) is 2.31. The minimum absolute atomic E-state index is 0.167. The third-order valence-electron chi connectivity index (χ3n) is 2.88. The summed E-state index contributed by atoms with van der Waals surface area (Å²) in [6.45, 7) is 2.00. The van der Waals surface area contributed by atoms with Gasteiger partial charge >= 0.3 is 0 Å². The SMILES string of the molecule is Cc1cnn(-c2cccc(-c3cc(N)nc(N)n3)c2)c1. The Bertz CT molecular complexity index is 742. The van der Waals surface area contributed by atoms with Gasteiger partial charge in [0.2, 0.25) is 5.95 Å². The van der Waals surface area contributed by atoms with Gasteiger partial charge in [0.25, 0.3) is 0 Å². The van der Waals surface area contributed by atoms with Crippen molar-refractivity contribution in [1.29, 1.82) is 0 Å². The lowest BCUT2D eigenvalue weighted by Crippen LogP contribution is -2.01. The smallest absolute Gasteiger partial charge is 0.222 e. The zero-order valence-electron chi connectivity index (χ0n) is 11.0. The molecule has 3 rings (SSSR count). The van der Waals surface area contributed by atoms with Gasteiger partial charge in [0, 0.05) is 17.8 Å².